The van der Waals surface area contributed by atoms with E-state index in [0.29, 0.717) is 24.2 Å². The number of aromatic nitrogens is 2. The molecule has 4 rings (SSSR count). The molecular formula is C24H29N3O5S2. The zero-order valence-corrected chi connectivity index (χ0v) is 21.2. The van der Waals surface area contributed by atoms with E-state index in [1.807, 2.05) is 50.2 Å². The Morgan fingerprint density at radius 3 is 2.44 bits per heavy atom. The molecular weight excluding hydrogens is 474 g/mol. The fourth-order valence-corrected chi connectivity index (χ4v) is 5.40. The van der Waals surface area contributed by atoms with Gasteiger partial charge < -0.3 is 14.4 Å². The van der Waals surface area contributed by atoms with Gasteiger partial charge in [0.25, 0.3) is 5.19 Å². The van der Waals surface area contributed by atoms with Crippen LogP contribution in [0.1, 0.15) is 39.2 Å². The fourth-order valence-electron chi connectivity index (χ4n) is 4.02. The summed E-state index contributed by atoms with van der Waals surface area (Å²) in [6.07, 6.45) is 1.33. The zero-order valence-electron chi connectivity index (χ0n) is 19.5. The monoisotopic (exact) mass is 503 g/mol. The Kier molecular flexibility index (Phi) is 7.67. The van der Waals surface area contributed by atoms with Gasteiger partial charge in [-0.2, -0.15) is 0 Å². The number of carbonyl (C=O) groups excluding carboxylic acids is 1. The standard InChI is InChI=1S/C24H29N3O5S2/c1-15(2)31-24(28)27-12-10-18(11-13-27)16(3)32-23-26-21-9-8-20(25-22(21)33-23)19-6-4-17(5-7-19)14-34(29)30/h4-9,15-16,18,34H,10-14H2,1-3H3. The predicted octanol–water partition coefficient (Wildman–Crippen LogP) is 4.49. The van der Waals surface area contributed by atoms with Crippen LogP contribution >= 0.6 is 11.3 Å². The Labute approximate surface area is 204 Å². The van der Waals surface area contributed by atoms with Gasteiger partial charge in [0.15, 0.2) is 0 Å². The van der Waals surface area contributed by atoms with Crippen molar-refractivity contribution >= 4 is 38.5 Å². The molecule has 1 aliphatic heterocycles. The molecule has 1 unspecified atom stereocenters. The highest BCUT2D eigenvalue weighted by Gasteiger charge is 2.29. The van der Waals surface area contributed by atoms with E-state index in [2.05, 4.69) is 11.9 Å². The largest absolute Gasteiger partial charge is 0.467 e. The van der Waals surface area contributed by atoms with E-state index < -0.39 is 10.7 Å². The second-order valence-electron chi connectivity index (χ2n) is 8.77. The van der Waals surface area contributed by atoms with E-state index in [-0.39, 0.29) is 24.1 Å². The molecule has 0 saturated carbocycles. The van der Waals surface area contributed by atoms with Gasteiger partial charge in [0.05, 0.1) is 17.6 Å². The van der Waals surface area contributed by atoms with Crippen LogP contribution in [0.15, 0.2) is 36.4 Å². The summed E-state index contributed by atoms with van der Waals surface area (Å²) in [6.45, 7) is 7.09. The van der Waals surface area contributed by atoms with E-state index in [1.54, 1.807) is 4.90 Å². The van der Waals surface area contributed by atoms with Crippen molar-refractivity contribution in [3.63, 3.8) is 0 Å². The average Bonchev–Trinajstić information content (AvgIpc) is 3.20. The van der Waals surface area contributed by atoms with Crippen molar-refractivity contribution in [2.45, 2.75) is 51.6 Å². The Hall–Kier alpha value is -2.72. The molecule has 1 fully saturated rings. The summed E-state index contributed by atoms with van der Waals surface area (Å²) in [4.78, 5) is 24.0. The van der Waals surface area contributed by atoms with Crippen LogP contribution in [0.2, 0.25) is 0 Å². The van der Waals surface area contributed by atoms with Crippen LogP contribution in [0.5, 0.6) is 5.19 Å². The Bertz CT molecular complexity index is 1210. The van der Waals surface area contributed by atoms with Crippen LogP contribution in [-0.2, 0) is 21.2 Å². The van der Waals surface area contributed by atoms with Crippen LogP contribution in [0.25, 0.3) is 21.6 Å². The van der Waals surface area contributed by atoms with Crippen LogP contribution in [-0.4, -0.2) is 54.7 Å². The van der Waals surface area contributed by atoms with Gasteiger partial charge in [-0.05, 0) is 57.2 Å². The second-order valence-corrected chi connectivity index (χ2v) is 10.7. The van der Waals surface area contributed by atoms with Gasteiger partial charge in [-0.25, -0.2) is 23.2 Å². The van der Waals surface area contributed by atoms with Crippen molar-refractivity contribution in [2.75, 3.05) is 13.1 Å². The van der Waals surface area contributed by atoms with Crippen molar-refractivity contribution in [3.8, 4) is 16.5 Å². The van der Waals surface area contributed by atoms with Crippen molar-refractivity contribution in [1.29, 1.82) is 0 Å². The van der Waals surface area contributed by atoms with Gasteiger partial charge in [0, 0.05) is 18.7 Å². The van der Waals surface area contributed by atoms with Crippen molar-refractivity contribution in [1.82, 2.24) is 14.9 Å². The molecule has 3 aromatic rings. The molecule has 1 aromatic carbocycles. The van der Waals surface area contributed by atoms with Crippen molar-refractivity contribution in [2.24, 2.45) is 5.92 Å². The number of rotatable bonds is 7. The number of ether oxygens (including phenoxy) is 2. The fraction of sp³-hybridized carbons (Fsp3) is 0.458. The molecule has 1 amide bonds. The van der Waals surface area contributed by atoms with Crippen LogP contribution in [0.4, 0.5) is 4.79 Å². The molecule has 0 radical (unpaired) electrons. The van der Waals surface area contributed by atoms with E-state index in [4.69, 9.17) is 14.5 Å². The molecule has 1 aliphatic rings. The first-order valence-corrected chi connectivity index (χ1v) is 13.6. The Morgan fingerprint density at radius 1 is 1.09 bits per heavy atom. The first kappa shape index (κ1) is 24.4. The summed E-state index contributed by atoms with van der Waals surface area (Å²) >= 11 is 1.41. The summed E-state index contributed by atoms with van der Waals surface area (Å²) in [5, 5.41) is 0.586. The molecule has 2 aromatic heterocycles. The topological polar surface area (TPSA) is 98.7 Å². The number of nitrogens with zero attached hydrogens (tertiary/aromatic N) is 3. The summed E-state index contributed by atoms with van der Waals surface area (Å²) in [5.74, 6) is 0.373. The van der Waals surface area contributed by atoms with E-state index in [9.17, 15) is 13.2 Å². The van der Waals surface area contributed by atoms with E-state index in [0.717, 1.165) is 40.0 Å². The molecule has 0 bridgehead atoms. The number of hydrogen-bond donors (Lipinski definition) is 1. The minimum atomic E-state index is -2.44. The lowest BCUT2D eigenvalue weighted by Gasteiger charge is -2.34. The molecule has 0 spiro atoms. The van der Waals surface area contributed by atoms with Gasteiger partial charge in [-0.1, -0.05) is 35.6 Å². The third-order valence-electron chi connectivity index (χ3n) is 5.88. The van der Waals surface area contributed by atoms with Crippen molar-refractivity contribution in [3.05, 3.63) is 42.0 Å². The molecule has 0 N–H and O–H groups in total. The molecule has 3 heterocycles. The number of amides is 1. The molecule has 10 heteroatoms. The number of hydrogen-bond acceptors (Lipinski definition) is 8. The number of thiazole rings is 1. The van der Waals surface area contributed by atoms with Gasteiger partial charge in [0.2, 0.25) is 0 Å². The normalized spacial score (nSPS) is 15.7. The quantitative estimate of drug-likeness (QED) is 0.474. The Balaban J connectivity index is 1.38. The van der Waals surface area contributed by atoms with Gasteiger partial charge in [0.1, 0.15) is 27.2 Å². The third-order valence-corrected chi connectivity index (χ3v) is 7.36. The lowest BCUT2D eigenvalue weighted by molar-refractivity contribution is 0.0495. The minimum absolute atomic E-state index is 0.0247. The van der Waals surface area contributed by atoms with Crippen LogP contribution in [0, 0.1) is 5.92 Å². The van der Waals surface area contributed by atoms with E-state index in [1.165, 1.54) is 11.3 Å². The summed E-state index contributed by atoms with van der Waals surface area (Å²) in [6, 6.07) is 11.2. The zero-order chi connectivity index (χ0) is 24.2. The summed E-state index contributed by atoms with van der Waals surface area (Å²) in [5.41, 5.74) is 3.25. The first-order valence-electron chi connectivity index (χ1n) is 11.4. The first-order chi connectivity index (χ1) is 16.3. The number of benzene rings is 1. The maximum absolute atomic E-state index is 12.1. The minimum Gasteiger partial charge on any atom is -0.467 e. The Morgan fingerprint density at radius 2 is 1.79 bits per heavy atom. The number of likely N-dealkylation sites (tertiary alicyclic amines) is 1. The lowest BCUT2D eigenvalue weighted by atomic mass is 9.92. The highest BCUT2D eigenvalue weighted by molar-refractivity contribution is 7.71. The summed E-state index contributed by atoms with van der Waals surface area (Å²) in [7, 11) is -2.44. The van der Waals surface area contributed by atoms with Gasteiger partial charge in [-0.3, -0.25) is 0 Å². The van der Waals surface area contributed by atoms with Gasteiger partial charge >= 0.3 is 6.09 Å². The predicted molar refractivity (Wildman–Crippen MR) is 133 cm³/mol. The second kappa shape index (κ2) is 10.7. The SMILES string of the molecule is CC(C)OC(=O)N1CCC(C(C)Oc2nc3ccc(-c4ccc(C[SH](=O)=O)cc4)nc3s2)CC1. The number of pyridine rings is 1. The highest BCUT2D eigenvalue weighted by atomic mass is 32.2. The third kappa shape index (κ3) is 6.04. The van der Waals surface area contributed by atoms with Crippen LogP contribution < -0.4 is 4.74 Å². The van der Waals surface area contributed by atoms with Crippen LogP contribution in [0.3, 0.4) is 0 Å². The number of carbonyl (C=O) groups is 1. The number of fused-ring (bicyclic) bond motifs is 1. The molecule has 1 saturated heterocycles. The lowest BCUT2D eigenvalue weighted by Crippen LogP contribution is -2.42. The van der Waals surface area contributed by atoms with Gasteiger partial charge in [-0.15, -0.1) is 0 Å². The molecule has 34 heavy (non-hydrogen) atoms. The summed E-state index contributed by atoms with van der Waals surface area (Å²) < 4.78 is 33.3. The average molecular weight is 504 g/mol. The number of piperidine rings is 1. The van der Waals surface area contributed by atoms with E-state index >= 15 is 0 Å². The molecule has 0 aliphatic carbocycles. The molecule has 182 valence electrons. The van der Waals surface area contributed by atoms with Crippen molar-refractivity contribution < 1.29 is 22.7 Å². The number of thiol groups is 1. The highest BCUT2D eigenvalue weighted by Crippen LogP contribution is 2.32. The smallest absolute Gasteiger partial charge is 0.410 e. The maximum atomic E-state index is 12.1. The molecule has 8 nitrogen and oxygen atoms in total. The maximum Gasteiger partial charge on any atom is 0.410 e. The molecule has 1 atom stereocenters.